The van der Waals surface area contributed by atoms with Crippen LogP contribution in [0.3, 0.4) is 0 Å². The normalized spacial score (nSPS) is 12.0. The lowest BCUT2D eigenvalue weighted by atomic mass is 10.1. The van der Waals surface area contributed by atoms with E-state index in [1.165, 1.54) is 12.1 Å². The van der Waals surface area contributed by atoms with Gasteiger partial charge in [0.25, 0.3) is 0 Å². The lowest BCUT2D eigenvalue weighted by Gasteiger charge is -2.14. The summed E-state index contributed by atoms with van der Waals surface area (Å²) in [5.41, 5.74) is 2.11. The number of nitrogens with zero attached hydrogens (tertiary/aromatic N) is 1. The topological polar surface area (TPSA) is 16.4 Å². The molecule has 1 heterocycles. The number of para-hydroxylation sites is 1. The van der Waals surface area contributed by atoms with Crippen LogP contribution in [-0.4, -0.2) is 18.5 Å². The summed E-state index contributed by atoms with van der Waals surface area (Å²) >= 11 is 0. The fourth-order valence-corrected chi connectivity index (χ4v) is 2.69. The molecule has 0 spiro atoms. The van der Waals surface area contributed by atoms with Crippen LogP contribution in [0.2, 0.25) is 0 Å². The molecule has 0 aliphatic heterocycles. The summed E-state index contributed by atoms with van der Waals surface area (Å²) in [4.78, 5) is 2.11. The van der Waals surface area contributed by atoms with Crippen LogP contribution in [0.1, 0.15) is 16.7 Å². The van der Waals surface area contributed by atoms with Crippen molar-refractivity contribution in [2.75, 3.05) is 13.6 Å². The first kappa shape index (κ1) is 20.1. The molecule has 0 amide bonds. The Kier molecular flexibility index (Phi) is 6.51. The number of rotatable bonds is 5. The van der Waals surface area contributed by atoms with Gasteiger partial charge in [-0.05, 0) is 30.8 Å². The lowest BCUT2D eigenvalue weighted by Crippen LogP contribution is -2.17. The summed E-state index contributed by atoms with van der Waals surface area (Å²) in [5, 5.41) is 1.08. The summed E-state index contributed by atoms with van der Waals surface area (Å²) in [5.74, 6) is 0. The molecule has 0 unspecified atom stereocenters. The molecule has 2 aromatic carbocycles. The minimum atomic E-state index is -4.30. The molecule has 6 heteroatoms. The Morgan fingerprint density at radius 1 is 1.04 bits per heavy atom. The Morgan fingerprint density at radius 2 is 1.77 bits per heavy atom. The highest BCUT2D eigenvalue weighted by Crippen LogP contribution is 2.29. The second kappa shape index (κ2) is 8.43. The highest BCUT2D eigenvalue weighted by Gasteiger charge is 2.29. The van der Waals surface area contributed by atoms with Gasteiger partial charge in [-0.3, -0.25) is 4.90 Å². The zero-order valence-corrected chi connectivity index (χ0v) is 15.0. The van der Waals surface area contributed by atoms with E-state index in [0.717, 1.165) is 40.8 Å². The van der Waals surface area contributed by atoms with E-state index in [0.29, 0.717) is 6.54 Å². The second-order valence-electron chi connectivity index (χ2n) is 5.97. The molecule has 3 aromatic rings. The third kappa shape index (κ3) is 4.90. The van der Waals surface area contributed by atoms with E-state index >= 15 is 0 Å². The predicted octanol–water partition coefficient (Wildman–Crippen LogP) is 6.02. The molecule has 0 bridgehead atoms. The molecule has 0 radical (unpaired) electrons. The van der Waals surface area contributed by atoms with Crippen LogP contribution in [0.4, 0.5) is 13.2 Å². The van der Waals surface area contributed by atoms with E-state index in [1.807, 2.05) is 43.5 Å². The number of hydrogen-bond acceptors (Lipinski definition) is 2. The van der Waals surface area contributed by atoms with Gasteiger partial charge in [-0.15, -0.1) is 12.4 Å². The SMILES string of the molecule is CN(C/C=C/c1ccc(C(F)(F)F)cc1)Cc1cccc2ccoc12.Cl. The first-order chi connectivity index (χ1) is 11.9. The van der Waals surface area contributed by atoms with Gasteiger partial charge >= 0.3 is 6.18 Å². The highest BCUT2D eigenvalue weighted by atomic mass is 35.5. The molecule has 0 atom stereocenters. The maximum absolute atomic E-state index is 12.5. The Morgan fingerprint density at radius 3 is 2.46 bits per heavy atom. The number of hydrogen-bond donors (Lipinski definition) is 0. The van der Waals surface area contributed by atoms with Crippen molar-refractivity contribution in [3.63, 3.8) is 0 Å². The minimum absolute atomic E-state index is 0. The summed E-state index contributed by atoms with van der Waals surface area (Å²) in [6.45, 7) is 1.40. The first-order valence-electron chi connectivity index (χ1n) is 7.91. The summed E-state index contributed by atoms with van der Waals surface area (Å²) in [6.07, 6.45) is 1.14. The van der Waals surface area contributed by atoms with Crippen molar-refractivity contribution in [3.05, 3.63) is 77.6 Å². The van der Waals surface area contributed by atoms with Crippen LogP contribution in [-0.2, 0) is 12.7 Å². The predicted molar refractivity (Wildman–Crippen MR) is 100 cm³/mol. The smallest absolute Gasteiger partial charge is 0.416 e. The van der Waals surface area contributed by atoms with E-state index in [1.54, 1.807) is 6.26 Å². The number of fused-ring (bicyclic) bond motifs is 1. The maximum atomic E-state index is 12.5. The molecule has 2 nitrogen and oxygen atoms in total. The third-order valence-corrected chi connectivity index (χ3v) is 3.97. The average Bonchev–Trinajstić information content (AvgIpc) is 3.04. The van der Waals surface area contributed by atoms with Gasteiger partial charge < -0.3 is 4.42 Å². The standard InChI is InChI=1S/C20H18F3NO.ClH/c1-24(14-17-6-2-5-16-11-13-25-19(16)17)12-3-4-15-7-9-18(10-8-15)20(21,22)23;/h2-11,13H,12,14H2,1H3;1H/b4-3+;. The Balaban J connectivity index is 0.00000243. The van der Waals surface area contributed by atoms with E-state index in [2.05, 4.69) is 4.90 Å². The molecule has 0 aliphatic carbocycles. The molecule has 0 saturated heterocycles. The van der Waals surface area contributed by atoms with Gasteiger partial charge in [0, 0.05) is 24.0 Å². The fourth-order valence-electron chi connectivity index (χ4n) is 2.69. The van der Waals surface area contributed by atoms with Gasteiger partial charge in [-0.25, -0.2) is 0 Å². The molecular weight excluding hydrogens is 363 g/mol. The molecule has 1 aromatic heterocycles. The minimum Gasteiger partial charge on any atom is -0.464 e. The van der Waals surface area contributed by atoms with E-state index in [4.69, 9.17) is 4.42 Å². The van der Waals surface area contributed by atoms with Crippen LogP contribution in [0.5, 0.6) is 0 Å². The zero-order chi connectivity index (χ0) is 17.9. The van der Waals surface area contributed by atoms with Gasteiger partial charge in [0.05, 0.1) is 11.8 Å². The number of halogens is 4. The molecule has 0 saturated carbocycles. The van der Waals surface area contributed by atoms with Crippen molar-refractivity contribution < 1.29 is 17.6 Å². The number of likely N-dealkylation sites (N-methyl/N-ethyl adjacent to an activating group) is 1. The first-order valence-corrected chi connectivity index (χ1v) is 7.91. The van der Waals surface area contributed by atoms with Gasteiger partial charge in [-0.1, -0.05) is 42.5 Å². The Labute approximate surface area is 156 Å². The fraction of sp³-hybridized carbons (Fsp3) is 0.200. The zero-order valence-electron chi connectivity index (χ0n) is 14.2. The molecule has 138 valence electrons. The molecule has 26 heavy (non-hydrogen) atoms. The number of benzene rings is 2. The highest BCUT2D eigenvalue weighted by molar-refractivity contribution is 5.85. The van der Waals surface area contributed by atoms with Gasteiger partial charge in [0.1, 0.15) is 5.58 Å². The molecule has 0 fully saturated rings. The van der Waals surface area contributed by atoms with Crippen molar-refractivity contribution in [3.8, 4) is 0 Å². The van der Waals surface area contributed by atoms with Crippen molar-refractivity contribution in [2.45, 2.75) is 12.7 Å². The summed E-state index contributed by atoms with van der Waals surface area (Å²) < 4.78 is 43.1. The van der Waals surface area contributed by atoms with Crippen LogP contribution < -0.4 is 0 Å². The van der Waals surface area contributed by atoms with Gasteiger partial charge in [0.2, 0.25) is 0 Å². The van der Waals surface area contributed by atoms with E-state index in [-0.39, 0.29) is 12.4 Å². The number of alkyl halides is 3. The van der Waals surface area contributed by atoms with Crippen molar-refractivity contribution >= 4 is 29.5 Å². The summed E-state index contributed by atoms with van der Waals surface area (Å²) in [7, 11) is 1.98. The van der Waals surface area contributed by atoms with Crippen molar-refractivity contribution in [1.82, 2.24) is 4.90 Å². The lowest BCUT2D eigenvalue weighted by molar-refractivity contribution is -0.137. The quantitative estimate of drug-likeness (QED) is 0.537. The Hall–Kier alpha value is -2.24. The largest absolute Gasteiger partial charge is 0.464 e. The van der Waals surface area contributed by atoms with Crippen molar-refractivity contribution in [2.24, 2.45) is 0 Å². The average molecular weight is 382 g/mol. The van der Waals surface area contributed by atoms with Crippen molar-refractivity contribution in [1.29, 1.82) is 0 Å². The van der Waals surface area contributed by atoms with Crippen LogP contribution in [0.15, 0.2) is 65.3 Å². The summed E-state index contributed by atoms with van der Waals surface area (Å²) in [6, 6.07) is 13.1. The molecular formula is C20H19ClF3NO. The Bertz CT molecular complexity index is 869. The molecule has 0 aliphatic rings. The van der Waals surface area contributed by atoms with Gasteiger partial charge in [0.15, 0.2) is 0 Å². The van der Waals surface area contributed by atoms with Crippen LogP contribution in [0.25, 0.3) is 17.0 Å². The molecule has 3 rings (SSSR count). The van der Waals surface area contributed by atoms with Gasteiger partial charge in [-0.2, -0.15) is 13.2 Å². The number of furan rings is 1. The van der Waals surface area contributed by atoms with E-state index in [9.17, 15) is 13.2 Å². The van der Waals surface area contributed by atoms with E-state index < -0.39 is 11.7 Å². The second-order valence-corrected chi connectivity index (χ2v) is 5.97. The van der Waals surface area contributed by atoms with Crippen LogP contribution >= 0.6 is 12.4 Å². The maximum Gasteiger partial charge on any atom is 0.416 e. The molecule has 0 N–H and O–H groups in total. The third-order valence-electron chi connectivity index (χ3n) is 3.97. The monoisotopic (exact) mass is 381 g/mol. The van der Waals surface area contributed by atoms with Crippen LogP contribution in [0, 0.1) is 0 Å².